The summed E-state index contributed by atoms with van der Waals surface area (Å²) in [6, 6.07) is 17.3. The molecule has 0 atom stereocenters. The second-order valence-corrected chi connectivity index (χ2v) is 5.75. The summed E-state index contributed by atoms with van der Waals surface area (Å²) in [5, 5.41) is 0.958. The number of nitrogens with zero attached hydrogens (tertiary/aromatic N) is 1. The molecular formula is C19H18N2O3. The van der Waals surface area contributed by atoms with E-state index in [1.807, 2.05) is 59.5 Å². The van der Waals surface area contributed by atoms with Crippen LogP contribution >= 0.6 is 0 Å². The second kappa shape index (κ2) is 6.37. The topological polar surface area (TPSA) is 54.6 Å². The van der Waals surface area contributed by atoms with Gasteiger partial charge in [0.15, 0.2) is 0 Å². The summed E-state index contributed by atoms with van der Waals surface area (Å²) in [6.45, 7) is 2.47. The number of benzene rings is 2. The number of hydrogen-bond acceptors (Lipinski definition) is 3. The van der Waals surface area contributed by atoms with Crippen LogP contribution in [-0.4, -0.2) is 42.1 Å². The number of nitrogens with one attached hydrogen (secondary N) is 1. The molecule has 3 aromatic rings. The molecule has 0 bridgehead atoms. The van der Waals surface area contributed by atoms with E-state index in [0.29, 0.717) is 32.0 Å². The van der Waals surface area contributed by atoms with Gasteiger partial charge in [0.25, 0.3) is 5.91 Å². The minimum Gasteiger partial charge on any atom is -0.457 e. The summed E-state index contributed by atoms with van der Waals surface area (Å²) in [5.41, 5.74) is 1.52. The summed E-state index contributed by atoms with van der Waals surface area (Å²) in [6.07, 6.45) is 0. The van der Waals surface area contributed by atoms with Gasteiger partial charge in [0.2, 0.25) is 0 Å². The third kappa shape index (κ3) is 2.98. The number of H-pyrrole nitrogens is 1. The van der Waals surface area contributed by atoms with Crippen molar-refractivity contribution in [1.82, 2.24) is 9.88 Å². The van der Waals surface area contributed by atoms with Crippen LogP contribution in [0, 0.1) is 0 Å². The van der Waals surface area contributed by atoms with Gasteiger partial charge in [0.1, 0.15) is 17.2 Å². The van der Waals surface area contributed by atoms with E-state index in [2.05, 4.69) is 4.98 Å². The van der Waals surface area contributed by atoms with Crippen LogP contribution in [0.15, 0.2) is 54.6 Å². The molecule has 4 rings (SSSR count). The van der Waals surface area contributed by atoms with Crippen molar-refractivity contribution in [3.8, 4) is 11.5 Å². The molecule has 0 spiro atoms. The Hall–Kier alpha value is -2.79. The Labute approximate surface area is 139 Å². The molecule has 24 heavy (non-hydrogen) atoms. The van der Waals surface area contributed by atoms with E-state index in [1.54, 1.807) is 0 Å². The number of para-hydroxylation sites is 1. The zero-order valence-corrected chi connectivity index (χ0v) is 13.2. The van der Waals surface area contributed by atoms with Crippen molar-refractivity contribution in [2.45, 2.75) is 0 Å². The van der Waals surface area contributed by atoms with Crippen LogP contribution in [0.25, 0.3) is 10.9 Å². The van der Waals surface area contributed by atoms with E-state index in [9.17, 15) is 4.79 Å². The summed E-state index contributed by atoms with van der Waals surface area (Å²) in [4.78, 5) is 17.6. The van der Waals surface area contributed by atoms with Crippen LogP contribution in [0.3, 0.4) is 0 Å². The number of morpholine rings is 1. The SMILES string of the molecule is O=C(c1cc2cc(Oc3ccccc3)ccc2[nH]1)N1CCOCC1. The van der Waals surface area contributed by atoms with E-state index in [4.69, 9.17) is 9.47 Å². The zero-order chi connectivity index (χ0) is 16.4. The fraction of sp³-hybridized carbons (Fsp3) is 0.211. The average molecular weight is 322 g/mol. The number of amides is 1. The molecule has 5 heteroatoms. The van der Waals surface area contributed by atoms with Crippen molar-refractivity contribution in [3.63, 3.8) is 0 Å². The maximum atomic E-state index is 12.6. The molecule has 5 nitrogen and oxygen atoms in total. The maximum absolute atomic E-state index is 12.6. The minimum absolute atomic E-state index is 0.0139. The molecular weight excluding hydrogens is 304 g/mol. The van der Waals surface area contributed by atoms with Crippen LogP contribution in [0.1, 0.15) is 10.5 Å². The molecule has 1 fully saturated rings. The van der Waals surface area contributed by atoms with Crippen LogP contribution in [-0.2, 0) is 4.74 Å². The van der Waals surface area contributed by atoms with Crippen molar-refractivity contribution in [2.75, 3.05) is 26.3 Å². The summed E-state index contributed by atoms with van der Waals surface area (Å²) in [5.74, 6) is 1.55. The lowest BCUT2D eigenvalue weighted by molar-refractivity contribution is 0.0299. The number of aromatic nitrogens is 1. The van der Waals surface area contributed by atoms with Gasteiger partial charge in [0.05, 0.1) is 13.2 Å². The highest BCUT2D eigenvalue weighted by atomic mass is 16.5. The van der Waals surface area contributed by atoms with E-state index in [1.165, 1.54) is 0 Å². The maximum Gasteiger partial charge on any atom is 0.270 e. The molecule has 1 aromatic heterocycles. The standard InChI is InChI=1S/C19H18N2O3/c22-19(21-8-10-23-11-9-21)18-13-14-12-16(6-7-17(14)20-18)24-15-4-2-1-3-5-15/h1-7,12-13,20H,8-11H2. The van der Waals surface area contributed by atoms with Crippen molar-refractivity contribution in [3.05, 3.63) is 60.3 Å². The van der Waals surface area contributed by atoms with Gasteiger partial charge in [-0.3, -0.25) is 4.79 Å². The van der Waals surface area contributed by atoms with Crippen LogP contribution in [0.5, 0.6) is 11.5 Å². The molecule has 2 heterocycles. The summed E-state index contributed by atoms with van der Waals surface area (Å²) < 4.78 is 11.1. The molecule has 0 saturated carbocycles. The van der Waals surface area contributed by atoms with Gasteiger partial charge in [-0.05, 0) is 36.4 Å². The number of hydrogen-bond donors (Lipinski definition) is 1. The Morgan fingerprint density at radius 1 is 1.00 bits per heavy atom. The van der Waals surface area contributed by atoms with Crippen LogP contribution in [0.2, 0.25) is 0 Å². The first-order valence-electron chi connectivity index (χ1n) is 8.02. The van der Waals surface area contributed by atoms with Crippen molar-refractivity contribution in [1.29, 1.82) is 0 Å². The largest absolute Gasteiger partial charge is 0.457 e. The van der Waals surface area contributed by atoms with E-state index in [0.717, 1.165) is 22.4 Å². The Morgan fingerprint density at radius 2 is 1.79 bits per heavy atom. The number of rotatable bonds is 3. The smallest absolute Gasteiger partial charge is 0.270 e. The Bertz CT molecular complexity index is 851. The third-order valence-electron chi connectivity index (χ3n) is 4.10. The minimum atomic E-state index is 0.0139. The number of fused-ring (bicyclic) bond motifs is 1. The monoisotopic (exact) mass is 322 g/mol. The van der Waals surface area contributed by atoms with Crippen molar-refractivity contribution >= 4 is 16.8 Å². The van der Waals surface area contributed by atoms with Gasteiger partial charge in [-0.15, -0.1) is 0 Å². The number of ether oxygens (including phenoxy) is 2. The first kappa shape index (κ1) is 14.8. The lowest BCUT2D eigenvalue weighted by atomic mass is 10.2. The Balaban J connectivity index is 1.58. The normalized spacial score (nSPS) is 14.8. The Morgan fingerprint density at radius 3 is 2.58 bits per heavy atom. The molecule has 1 amide bonds. The van der Waals surface area contributed by atoms with Gasteiger partial charge in [-0.1, -0.05) is 18.2 Å². The molecule has 0 unspecified atom stereocenters. The van der Waals surface area contributed by atoms with Gasteiger partial charge in [0, 0.05) is 24.0 Å². The van der Waals surface area contributed by atoms with E-state index in [-0.39, 0.29) is 5.91 Å². The van der Waals surface area contributed by atoms with Gasteiger partial charge in [-0.2, -0.15) is 0 Å². The van der Waals surface area contributed by atoms with Crippen molar-refractivity contribution < 1.29 is 14.3 Å². The van der Waals surface area contributed by atoms with Crippen LogP contribution < -0.4 is 4.74 Å². The van der Waals surface area contributed by atoms with Gasteiger partial charge in [-0.25, -0.2) is 0 Å². The predicted molar refractivity (Wildman–Crippen MR) is 91.5 cm³/mol. The molecule has 1 aliphatic rings. The fourth-order valence-electron chi connectivity index (χ4n) is 2.85. The third-order valence-corrected chi connectivity index (χ3v) is 4.10. The summed E-state index contributed by atoms with van der Waals surface area (Å²) >= 11 is 0. The van der Waals surface area contributed by atoms with Gasteiger partial charge < -0.3 is 19.4 Å². The van der Waals surface area contributed by atoms with E-state index < -0.39 is 0 Å². The first-order valence-corrected chi connectivity index (χ1v) is 8.02. The zero-order valence-electron chi connectivity index (χ0n) is 13.2. The molecule has 1 aliphatic heterocycles. The summed E-state index contributed by atoms with van der Waals surface area (Å²) in [7, 11) is 0. The predicted octanol–water partition coefficient (Wildman–Crippen LogP) is 3.43. The highest BCUT2D eigenvalue weighted by Crippen LogP contribution is 2.26. The molecule has 0 aliphatic carbocycles. The highest BCUT2D eigenvalue weighted by molar-refractivity contribution is 5.98. The highest BCUT2D eigenvalue weighted by Gasteiger charge is 2.20. The number of carbonyl (C=O) groups is 1. The number of aromatic amines is 1. The molecule has 1 N–H and O–H groups in total. The van der Waals surface area contributed by atoms with E-state index >= 15 is 0 Å². The quantitative estimate of drug-likeness (QED) is 0.804. The lowest BCUT2D eigenvalue weighted by Gasteiger charge is -2.26. The molecule has 1 saturated heterocycles. The number of carbonyl (C=O) groups excluding carboxylic acids is 1. The van der Waals surface area contributed by atoms with Gasteiger partial charge >= 0.3 is 0 Å². The second-order valence-electron chi connectivity index (χ2n) is 5.75. The fourth-order valence-corrected chi connectivity index (χ4v) is 2.85. The first-order chi connectivity index (χ1) is 11.8. The van der Waals surface area contributed by atoms with Crippen LogP contribution in [0.4, 0.5) is 0 Å². The average Bonchev–Trinajstić information content (AvgIpc) is 3.06. The molecule has 122 valence electrons. The van der Waals surface area contributed by atoms with Crippen molar-refractivity contribution in [2.24, 2.45) is 0 Å². The molecule has 2 aromatic carbocycles. The molecule has 0 radical (unpaired) electrons. The Kier molecular flexibility index (Phi) is 3.92. The lowest BCUT2D eigenvalue weighted by Crippen LogP contribution is -2.40.